The number of hydrogen-bond donors (Lipinski definition) is 1. The van der Waals surface area contributed by atoms with E-state index in [0.717, 1.165) is 12.1 Å². The summed E-state index contributed by atoms with van der Waals surface area (Å²) in [6, 6.07) is 11.0. The van der Waals surface area contributed by atoms with Gasteiger partial charge in [0.2, 0.25) is 0 Å². The minimum atomic E-state index is -0.587. The van der Waals surface area contributed by atoms with E-state index < -0.39 is 11.7 Å². The molecule has 1 unspecified atom stereocenters. The molecule has 3 rings (SSSR count). The molecular formula is C23H28FN3O3. The van der Waals surface area contributed by atoms with Gasteiger partial charge in [-0.25, -0.2) is 4.39 Å². The molecule has 7 heteroatoms. The predicted octanol–water partition coefficient (Wildman–Crippen LogP) is 3.04. The number of benzene rings is 2. The molecule has 0 saturated carbocycles. The van der Waals surface area contributed by atoms with E-state index in [9.17, 15) is 14.0 Å². The van der Waals surface area contributed by atoms with Gasteiger partial charge in [0.25, 0.3) is 11.8 Å². The lowest BCUT2D eigenvalue weighted by Gasteiger charge is -2.25. The number of amides is 2. The fourth-order valence-corrected chi connectivity index (χ4v) is 3.60. The Morgan fingerprint density at radius 1 is 1.23 bits per heavy atom. The zero-order chi connectivity index (χ0) is 21.7. The monoisotopic (exact) mass is 413 g/mol. The average molecular weight is 413 g/mol. The van der Waals surface area contributed by atoms with Gasteiger partial charge in [-0.2, -0.15) is 0 Å². The van der Waals surface area contributed by atoms with Crippen molar-refractivity contribution < 1.29 is 18.7 Å². The second-order valence-electron chi connectivity index (χ2n) is 7.92. The number of ether oxygens (including phenoxy) is 1. The van der Waals surface area contributed by atoms with Gasteiger partial charge in [-0.3, -0.25) is 9.59 Å². The summed E-state index contributed by atoms with van der Waals surface area (Å²) in [6.07, 6.45) is 0. The van der Waals surface area contributed by atoms with Gasteiger partial charge in [0.1, 0.15) is 5.82 Å². The van der Waals surface area contributed by atoms with Crippen LogP contribution in [0.15, 0.2) is 42.5 Å². The number of hydrogen-bond acceptors (Lipinski definition) is 4. The fraction of sp³-hybridized carbons (Fsp3) is 0.391. The van der Waals surface area contributed by atoms with Crippen molar-refractivity contribution in [2.24, 2.45) is 5.92 Å². The molecule has 1 saturated heterocycles. The van der Waals surface area contributed by atoms with Crippen LogP contribution < -0.4 is 5.32 Å². The number of carbonyl (C=O) groups excluding carboxylic acids is 2. The Balaban J connectivity index is 1.77. The highest BCUT2D eigenvalue weighted by Crippen LogP contribution is 2.21. The number of nitrogens with one attached hydrogen (secondary N) is 1. The van der Waals surface area contributed by atoms with Gasteiger partial charge in [-0.05, 0) is 50.8 Å². The average Bonchev–Trinajstić information content (AvgIpc) is 2.94. The number of anilines is 1. The van der Waals surface area contributed by atoms with Crippen molar-refractivity contribution in [2.75, 3.05) is 52.3 Å². The molecule has 0 aromatic heterocycles. The van der Waals surface area contributed by atoms with Crippen molar-refractivity contribution in [1.82, 2.24) is 9.80 Å². The van der Waals surface area contributed by atoms with Crippen LogP contribution >= 0.6 is 0 Å². The summed E-state index contributed by atoms with van der Waals surface area (Å²) in [4.78, 5) is 29.5. The normalized spacial score (nSPS) is 17.0. The standard InChI is InChI=1S/C23H28FN3O3/c1-16-8-9-18(12-21(16)25-22(28)19-6-4-5-7-20(19)24)23(29)27-10-11-30-15-17(14-27)13-26(2)3/h4-9,12,17H,10-11,13-15H2,1-3H3,(H,25,28). The van der Waals surface area contributed by atoms with Gasteiger partial charge >= 0.3 is 0 Å². The van der Waals surface area contributed by atoms with E-state index in [1.54, 1.807) is 29.2 Å². The first-order valence-corrected chi connectivity index (χ1v) is 10.0. The van der Waals surface area contributed by atoms with Crippen molar-refractivity contribution in [3.8, 4) is 0 Å². The highest BCUT2D eigenvalue weighted by atomic mass is 19.1. The van der Waals surface area contributed by atoms with Gasteiger partial charge in [0.05, 0.1) is 18.8 Å². The Bertz CT molecular complexity index is 916. The number of nitrogens with zero attached hydrogens (tertiary/aromatic N) is 2. The minimum absolute atomic E-state index is 0.0372. The van der Waals surface area contributed by atoms with Crippen LogP contribution in [-0.2, 0) is 4.74 Å². The van der Waals surface area contributed by atoms with E-state index in [2.05, 4.69) is 10.2 Å². The molecule has 160 valence electrons. The van der Waals surface area contributed by atoms with E-state index in [-0.39, 0.29) is 17.4 Å². The molecule has 1 aliphatic heterocycles. The molecule has 1 atom stereocenters. The van der Waals surface area contributed by atoms with Crippen LogP contribution in [0.1, 0.15) is 26.3 Å². The van der Waals surface area contributed by atoms with E-state index in [1.165, 1.54) is 18.2 Å². The maximum atomic E-state index is 13.9. The summed E-state index contributed by atoms with van der Waals surface area (Å²) >= 11 is 0. The number of carbonyl (C=O) groups is 2. The topological polar surface area (TPSA) is 61.9 Å². The molecule has 1 heterocycles. The van der Waals surface area contributed by atoms with Gasteiger partial charge in [0.15, 0.2) is 0 Å². The maximum absolute atomic E-state index is 13.9. The van der Waals surface area contributed by atoms with Crippen molar-refractivity contribution in [3.63, 3.8) is 0 Å². The Hall–Kier alpha value is -2.77. The molecule has 1 N–H and O–H groups in total. The molecule has 2 amide bonds. The first kappa shape index (κ1) is 21.9. The molecule has 30 heavy (non-hydrogen) atoms. The van der Waals surface area contributed by atoms with Gasteiger partial charge in [0, 0.05) is 36.8 Å². The third-order valence-electron chi connectivity index (χ3n) is 5.10. The summed E-state index contributed by atoms with van der Waals surface area (Å²) in [5.41, 5.74) is 1.73. The van der Waals surface area contributed by atoms with Gasteiger partial charge in [-0.15, -0.1) is 0 Å². The Morgan fingerprint density at radius 3 is 2.73 bits per heavy atom. The molecule has 1 aliphatic rings. The smallest absolute Gasteiger partial charge is 0.258 e. The lowest BCUT2D eigenvalue weighted by Crippen LogP contribution is -2.38. The van der Waals surface area contributed by atoms with Crippen molar-refractivity contribution in [2.45, 2.75) is 6.92 Å². The zero-order valence-electron chi connectivity index (χ0n) is 17.7. The highest BCUT2D eigenvalue weighted by Gasteiger charge is 2.24. The van der Waals surface area contributed by atoms with Crippen molar-refractivity contribution in [1.29, 1.82) is 0 Å². The summed E-state index contributed by atoms with van der Waals surface area (Å²) < 4.78 is 19.6. The SMILES string of the molecule is Cc1ccc(C(=O)N2CCOCC(CN(C)C)C2)cc1NC(=O)c1ccccc1F. The molecule has 0 spiro atoms. The minimum Gasteiger partial charge on any atom is -0.379 e. The fourth-order valence-electron chi connectivity index (χ4n) is 3.60. The van der Waals surface area contributed by atoms with Gasteiger partial charge < -0.3 is 19.9 Å². The first-order chi connectivity index (χ1) is 14.3. The first-order valence-electron chi connectivity index (χ1n) is 10.0. The van der Waals surface area contributed by atoms with Crippen LogP contribution in [0.25, 0.3) is 0 Å². The van der Waals surface area contributed by atoms with Crippen LogP contribution in [0.2, 0.25) is 0 Å². The summed E-state index contributed by atoms with van der Waals surface area (Å²) in [5, 5.41) is 2.73. The lowest BCUT2D eigenvalue weighted by molar-refractivity contribution is 0.0734. The molecule has 6 nitrogen and oxygen atoms in total. The summed E-state index contributed by atoms with van der Waals surface area (Å²) in [5.74, 6) is -1.01. The molecule has 0 bridgehead atoms. The highest BCUT2D eigenvalue weighted by molar-refractivity contribution is 6.05. The molecular weight excluding hydrogens is 385 g/mol. The van der Waals surface area contributed by atoms with Crippen LogP contribution in [0.4, 0.5) is 10.1 Å². The third kappa shape index (κ3) is 5.43. The number of halogens is 1. The molecule has 1 fully saturated rings. The second kappa shape index (κ2) is 9.82. The van der Waals surface area contributed by atoms with E-state index in [0.29, 0.717) is 37.6 Å². The van der Waals surface area contributed by atoms with Crippen LogP contribution in [-0.4, -0.2) is 68.6 Å². The zero-order valence-corrected chi connectivity index (χ0v) is 17.7. The lowest BCUT2D eigenvalue weighted by atomic mass is 10.1. The van der Waals surface area contributed by atoms with Crippen LogP contribution in [0, 0.1) is 18.7 Å². The Labute approximate surface area is 176 Å². The third-order valence-corrected chi connectivity index (χ3v) is 5.10. The van der Waals surface area contributed by atoms with E-state index in [4.69, 9.17) is 4.74 Å². The summed E-state index contributed by atoms with van der Waals surface area (Å²) in [7, 11) is 4.00. The Morgan fingerprint density at radius 2 is 2.00 bits per heavy atom. The number of aryl methyl sites for hydroxylation is 1. The largest absolute Gasteiger partial charge is 0.379 e. The van der Waals surface area contributed by atoms with E-state index in [1.807, 2.05) is 21.0 Å². The van der Waals surface area contributed by atoms with Crippen molar-refractivity contribution >= 4 is 17.5 Å². The maximum Gasteiger partial charge on any atom is 0.258 e. The number of rotatable bonds is 5. The molecule has 0 aliphatic carbocycles. The molecule has 2 aromatic carbocycles. The summed E-state index contributed by atoms with van der Waals surface area (Å²) in [6.45, 7) is 4.92. The predicted molar refractivity (Wildman–Crippen MR) is 114 cm³/mol. The Kier molecular flexibility index (Phi) is 7.18. The van der Waals surface area contributed by atoms with Crippen LogP contribution in [0.5, 0.6) is 0 Å². The van der Waals surface area contributed by atoms with Gasteiger partial charge in [-0.1, -0.05) is 18.2 Å². The quantitative estimate of drug-likeness (QED) is 0.819. The van der Waals surface area contributed by atoms with E-state index >= 15 is 0 Å². The van der Waals surface area contributed by atoms with Crippen LogP contribution in [0.3, 0.4) is 0 Å². The molecule has 2 aromatic rings. The second-order valence-corrected chi connectivity index (χ2v) is 7.92. The van der Waals surface area contributed by atoms with Crippen molar-refractivity contribution in [3.05, 3.63) is 65.0 Å². The molecule has 0 radical (unpaired) electrons.